The molecule has 0 N–H and O–H groups in total. The summed E-state index contributed by atoms with van der Waals surface area (Å²) in [5, 5.41) is 0.0210. The van der Waals surface area contributed by atoms with Crippen molar-refractivity contribution in [3.63, 3.8) is 0 Å². The number of rotatable bonds is 3. The van der Waals surface area contributed by atoms with Crippen LogP contribution < -0.4 is 4.90 Å². The van der Waals surface area contributed by atoms with E-state index in [0.29, 0.717) is 23.2 Å². The predicted molar refractivity (Wildman–Crippen MR) is 92.4 cm³/mol. The standard InChI is InChI=1S/C19H16ClNO2/c1-12-7-9-13(10-8-12)21(2)11-16-17(20)19(23)15-6-4-3-5-14(15)18(16)22/h3-10H,11H2,1-2H3. The Morgan fingerprint density at radius 1 is 0.913 bits per heavy atom. The number of nitrogens with zero attached hydrogens (tertiary/aromatic N) is 1. The summed E-state index contributed by atoms with van der Waals surface area (Å²) < 4.78 is 0. The van der Waals surface area contributed by atoms with Crippen molar-refractivity contribution < 1.29 is 9.59 Å². The van der Waals surface area contributed by atoms with Crippen molar-refractivity contribution in [1.29, 1.82) is 0 Å². The highest BCUT2D eigenvalue weighted by atomic mass is 35.5. The molecule has 0 aliphatic heterocycles. The van der Waals surface area contributed by atoms with Gasteiger partial charge in [-0.25, -0.2) is 0 Å². The zero-order valence-electron chi connectivity index (χ0n) is 13.0. The van der Waals surface area contributed by atoms with E-state index in [0.717, 1.165) is 11.3 Å². The van der Waals surface area contributed by atoms with Gasteiger partial charge in [0.25, 0.3) is 0 Å². The molecular weight excluding hydrogens is 310 g/mol. The van der Waals surface area contributed by atoms with Crippen LogP contribution in [0.5, 0.6) is 0 Å². The van der Waals surface area contributed by atoms with E-state index in [1.54, 1.807) is 24.3 Å². The summed E-state index contributed by atoms with van der Waals surface area (Å²) >= 11 is 6.20. The van der Waals surface area contributed by atoms with Crippen molar-refractivity contribution in [3.8, 4) is 0 Å². The first-order chi connectivity index (χ1) is 11.0. The Hall–Kier alpha value is -2.39. The smallest absolute Gasteiger partial charge is 0.205 e. The lowest BCUT2D eigenvalue weighted by Crippen LogP contribution is -2.29. The van der Waals surface area contributed by atoms with Crippen LogP contribution in [-0.4, -0.2) is 25.2 Å². The molecule has 0 radical (unpaired) electrons. The summed E-state index contributed by atoms with van der Waals surface area (Å²) in [6.45, 7) is 2.31. The monoisotopic (exact) mass is 325 g/mol. The second kappa shape index (κ2) is 6.01. The Labute approximate surface area is 140 Å². The molecule has 0 atom stereocenters. The number of Topliss-reactive ketones (excluding diaryl/α,β-unsaturated/α-hetero) is 2. The zero-order chi connectivity index (χ0) is 16.6. The molecule has 0 amide bonds. The minimum absolute atomic E-state index is 0.0210. The third-order valence-corrected chi connectivity index (χ3v) is 4.42. The third-order valence-electron chi connectivity index (χ3n) is 4.02. The van der Waals surface area contributed by atoms with Crippen LogP contribution in [0.4, 0.5) is 5.69 Å². The van der Waals surface area contributed by atoms with E-state index in [1.165, 1.54) is 0 Å². The molecular formula is C19H16ClNO2. The number of benzene rings is 2. The van der Waals surface area contributed by atoms with Gasteiger partial charge in [-0.1, -0.05) is 53.6 Å². The number of fused-ring (bicyclic) bond motifs is 1. The topological polar surface area (TPSA) is 37.4 Å². The number of hydrogen-bond donors (Lipinski definition) is 0. The Kier molecular flexibility index (Phi) is 4.05. The molecule has 0 spiro atoms. The fourth-order valence-corrected chi connectivity index (χ4v) is 2.91. The quantitative estimate of drug-likeness (QED) is 0.856. The van der Waals surface area contributed by atoms with Gasteiger partial charge < -0.3 is 4.90 Å². The normalized spacial score (nSPS) is 14.0. The van der Waals surface area contributed by atoms with E-state index in [-0.39, 0.29) is 16.6 Å². The first-order valence-corrected chi connectivity index (χ1v) is 7.71. The molecule has 2 aromatic rings. The van der Waals surface area contributed by atoms with Crippen molar-refractivity contribution >= 4 is 28.9 Å². The molecule has 2 aromatic carbocycles. The van der Waals surface area contributed by atoms with Crippen LogP contribution in [0.2, 0.25) is 0 Å². The molecule has 116 valence electrons. The zero-order valence-corrected chi connectivity index (χ0v) is 13.7. The molecule has 0 aromatic heterocycles. The van der Waals surface area contributed by atoms with Gasteiger partial charge in [0.2, 0.25) is 5.78 Å². The first kappa shape index (κ1) is 15.5. The molecule has 1 aliphatic rings. The van der Waals surface area contributed by atoms with Crippen molar-refractivity contribution in [1.82, 2.24) is 0 Å². The summed E-state index contributed by atoms with van der Waals surface area (Å²) in [7, 11) is 1.88. The first-order valence-electron chi connectivity index (χ1n) is 7.34. The van der Waals surface area contributed by atoms with Gasteiger partial charge in [0.1, 0.15) is 0 Å². The van der Waals surface area contributed by atoms with E-state index in [4.69, 9.17) is 11.6 Å². The molecule has 23 heavy (non-hydrogen) atoms. The van der Waals surface area contributed by atoms with Crippen molar-refractivity contribution in [3.05, 3.63) is 75.8 Å². The predicted octanol–water partition coefficient (Wildman–Crippen LogP) is 4.00. The second-order valence-electron chi connectivity index (χ2n) is 5.69. The van der Waals surface area contributed by atoms with Gasteiger partial charge in [0.15, 0.2) is 5.78 Å². The SMILES string of the molecule is Cc1ccc(N(C)CC2=C(Cl)C(=O)c3ccccc3C2=O)cc1. The van der Waals surface area contributed by atoms with Gasteiger partial charge in [-0.3, -0.25) is 9.59 Å². The number of carbonyl (C=O) groups is 2. The molecule has 3 rings (SSSR count). The number of ketones is 2. The highest BCUT2D eigenvalue weighted by Gasteiger charge is 2.31. The number of likely N-dealkylation sites (N-methyl/N-ethyl adjacent to an activating group) is 1. The minimum atomic E-state index is -0.283. The van der Waals surface area contributed by atoms with Gasteiger partial charge in [0, 0.05) is 36.0 Å². The van der Waals surface area contributed by atoms with Gasteiger partial charge in [-0.05, 0) is 19.1 Å². The maximum atomic E-state index is 12.7. The molecule has 0 heterocycles. The van der Waals surface area contributed by atoms with Crippen molar-refractivity contribution in [2.75, 3.05) is 18.5 Å². The summed E-state index contributed by atoms with van der Waals surface area (Å²) in [5.41, 5.74) is 3.28. The molecule has 0 fully saturated rings. The van der Waals surface area contributed by atoms with Crippen LogP contribution >= 0.6 is 11.6 Å². The number of hydrogen-bond acceptors (Lipinski definition) is 3. The highest BCUT2D eigenvalue weighted by molar-refractivity contribution is 6.50. The maximum absolute atomic E-state index is 12.7. The largest absolute Gasteiger partial charge is 0.370 e. The van der Waals surface area contributed by atoms with Gasteiger partial charge >= 0.3 is 0 Å². The lowest BCUT2D eigenvalue weighted by atomic mass is 9.89. The fourth-order valence-electron chi connectivity index (χ4n) is 2.67. The summed E-state index contributed by atoms with van der Waals surface area (Å²) in [6.07, 6.45) is 0. The van der Waals surface area contributed by atoms with Crippen LogP contribution in [0, 0.1) is 6.92 Å². The highest BCUT2D eigenvalue weighted by Crippen LogP contribution is 2.29. The molecule has 0 saturated carbocycles. The van der Waals surface area contributed by atoms with Gasteiger partial charge in [0.05, 0.1) is 5.03 Å². The summed E-state index contributed by atoms with van der Waals surface area (Å²) in [4.78, 5) is 27.0. The minimum Gasteiger partial charge on any atom is -0.370 e. The molecule has 0 unspecified atom stereocenters. The second-order valence-corrected chi connectivity index (χ2v) is 6.07. The number of carbonyl (C=O) groups excluding carboxylic acids is 2. The lowest BCUT2D eigenvalue weighted by molar-refractivity contribution is 0.0979. The van der Waals surface area contributed by atoms with Crippen LogP contribution in [-0.2, 0) is 0 Å². The molecule has 1 aliphatic carbocycles. The Morgan fingerprint density at radius 2 is 1.48 bits per heavy atom. The van der Waals surface area contributed by atoms with E-state index in [9.17, 15) is 9.59 Å². The maximum Gasteiger partial charge on any atom is 0.205 e. The average molecular weight is 326 g/mol. The van der Waals surface area contributed by atoms with Crippen LogP contribution in [0.15, 0.2) is 59.1 Å². The number of halogens is 1. The van der Waals surface area contributed by atoms with Crippen molar-refractivity contribution in [2.24, 2.45) is 0 Å². The van der Waals surface area contributed by atoms with E-state index < -0.39 is 0 Å². The average Bonchev–Trinajstić information content (AvgIpc) is 2.57. The number of allylic oxidation sites excluding steroid dienone is 1. The van der Waals surface area contributed by atoms with E-state index in [2.05, 4.69) is 0 Å². The molecule has 3 nitrogen and oxygen atoms in total. The third kappa shape index (κ3) is 2.80. The lowest BCUT2D eigenvalue weighted by Gasteiger charge is -2.24. The van der Waals surface area contributed by atoms with Gasteiger partial charge in [-0.15, -0.1) is 0 Å². The number of anilines is 1. The van der Waals surface area contributed by atoms with E-state index in [1.807, 2.05) is 43.1 Å². The molecule has 0 bridgehead atoms. The van der Waals surface area contributed by atoms with E-state index >= 15 is 0 Å². The Morgan fingerprint density at radius 3 is 2.09 bits per heavy atom. The Bertz CT molecular complexity index is 822. The van der Waals surface area contributed by atoms with Crippen molar-refractivity contribution in [2.45, 2.75) is 6.92 Å². The van der Waals surface area contributed by atoms with Crippen LogP contribution in [0.3, 0.4) is 0 Å². The molecule has 0 saturated heterocycles. The Balaban J connectivity index is 1.93. The van der Waals surface area contributed by atoms with Crippen LogP contribution in [0.1, 0.15) is 26.3 Å². The summed E-state index contributed by atoms with van der Waals surface area (Å²) in [6, 6.07) is 14.8. The molecule has 4 heteroatoms. The van der Waals surface area contributed by atoms with Gasteiger partial charge in [-0.2, -0.15) is 0 Å². The summed E-state index contributed by atoms with van der Waals surface area (Å²) in [5.74, 6) is -0.460. The number of aryl methyl sites for hydroxylation is 1. The van der Waals surface area contributed by atoms with Crippen LogP contribution in [0.25, 0.3) is 0 Å². The fraction of sp³-hybridized carbons (Fsp3) is 0.158.